The molecule has 5 aromatic rings. The molecule has 6 fully saturated rings. The SMILES string of the molecule is CC[C@H]1OC(=O)[C@@](C)(F)C(=O)[C@@H](C)[C@H](OC2O[C@H](COC(=O)c3ccccc3)C[C@H](N(C)C)[C@H]2O)[C@](C)(OC)C[C@@H](C)CN[C@H](C)[C@H]2N(CCCCn3cc(-c4cccc(N)c4)nn3)C(=O)O[C@]12C.CC[C@H]1OC(O[C@H]2[C@H](C)C(=O)[C@@H](C)C(=O)O[C@H](CC)[C@@]3(C)OC(=O)N(CCCCn4cc(-c5cccc(N)c5)nn4)[C@@H]3[C@@H](C)NC[C@H](C)C[C@@]2(C)OC)[C@H](O)[C@@H](N(C)C)[C@@H]1O. The number of aliphatic hydroxyl groups is 3. The molecule has 6 saturated heterocycles. The minimum atomic E-state index is -3.21. The number of nitrogens with zero attached hydrogens (tertiary/aromatic N) is 10. The van der Waals surface area contributed by atoms with Crippen LogP contribution < -0.4 is 22.1 Å². The lowest BCUT2D eigenvalue weighted by molar-refractivity contribution is -0.316. The number of amides is 2. The molecule has 6 aliphatic heterocycles. The summed E-state index contributed by atoms with van der Waals surface area (Å²) < 4.78 is 89.2. The minimum absolute atomic E-state index is 0.0576. The summed E-state index contributed by atoms with van der Waals surface area (Å²) >= 11 is 0. The minimum Gasteiger partial charge on any atom is -0.459 e. The first-order valence-corrected chi connectivity index (χ1v) is 45.9. The topological polar surface area (TPSA) is 432 Å². The number of carbonyl (C=O) groups is 7. The molecule has 0 radical (unpaired) electrons. The number of aliphatic hydroxyl groups excluding tert-OH is 3. The highest BCUT2D eigenvalue weighted by Gasteiger charge is 2.63. The van der Waals surface area contributed by atoms with Gasteiger partial charge in [-0.25, -0.2) is 23.6 Å². The number of aromatic nitrogens is 6. The number of unbranched alkanes of at least 4 members (excludes halogenated alkanes) is 2. The largest absolute Gasteiger partial charge is 0.459 e. The number of nitrogens with one attached hydrogen (secondary N) is 2. The van der Waals surface area contributed by atoms with Crippen LogP contribution in [0.25, 0.3) is 22.5 Å². The summed E-state index contributed by atoms with van der Waals surface area (Å²) in [7, 11) is 10.1. The van der Waals surface area contributed by atoms with Crippen molar-refractivity contribution in [2.45, 2.75) is 313 Å². The van der Waals surface area contributed by atoms with E-state index < -0.39 is 185 Å². The maximum absolute atomic E-state index is 17.2. The van der Waals surface area contributed by atoms with Crippen LogP contribution in [0.3, 0.4) is 0 Å². The van der Waals surface area contributed by atoms with Crippen molar-refractivity contribution >= 4 is 53.0 Å². The van der Waals surface area contributed by atoms with Gasteiger partial charge in [-0.15, -0.1) is 10.2 Å². The Morgan fingerprint density at radius 3 is 1.52 bits per heavy atom. The Morgan fingerprint density at radius 2 is 1.06 bits per heavy atom. The van der Waals surface area contributed by atoms with Crippen LogP contribution in [0.15, 0.2) is 91.3 Å². The first kappa shape index (κ1) is 103. The number of Topliss-reactive ketones (excluding diaryl/α,β-unsaturated/α-hetero) is 2. The van der Waals surface area contributed by atoms with Gasteiger partial charge in [-0.1, -0.05) is 101 Å². The number of benzene rings is 3. The fourth-order valence-corrected chi connectivity index (χ4v) is 20.1. The van der Waals surface area contributed by atoms with E-state index in [9.17, 15) is 48.9 Å². The first-order chi connectivity index (χ1) is 61.4. The van der Waals surface area contributed by atoms with Crippen molar-refractivity contribution < 1.29 is 105 Å². The van der Waals surface area contributed by atoms with Crippen LogP contribution in [0.4, 0.5) is 25.4 Å². The number of nitrogen functional groups attached to an aromatic ring is 2. The highest BCUT2D eigenvalue weighted by atomic mass is 19.1. The van der Waals surface area contributed by atoms with E-state index in [0.29, 0.717) is 107 Å². The summed E-state index contributed by atoms with van der Waals surface area (Å²) in [6.07, 6.45) is -4.83. The van der Waals surface area contributed by atoms with Gasteiger partial charge in [0.15, 0.2) is 35.3 Å². The summed E-state index contributed by atoms with van der Waals surface area (Å²) in [5.41, 5.74) is 8.29. The molecule has 0 spiro atoms. The monoisotopic (exact) mass is 1820 g/mol. The van der Waals surface area contributed by atoms with E-state index in [1.54, 1.807) is 128 Å². The van der Waals surface area contributed by atoms with E-state index in [2.05, 4.69) is 38.2 Å². The number of cyclic esters (lactones) is 2. The van der Waals surface area contributed by atoms with Crippen molar-refractivity contribution in [2.75, 3.05) is 86.7 Å². The van der Waals surface area contributed by atoms with Crippen molar-refractivity contribution in [3.05, 3.63) is 96.8 Å². The number of likely N-dealkylation sites (N-methyl/N-ethyl adjacent to an activating group) is 2. The van der Waals surface area contributed by atoms with Crippen LogP contribution in [0.5, 0.6) is 0 Å². The van der Waals surface area contributed by atoms with Gasteiger partial charge in [-0.2, -0.15) is 0 Å². The number of fused-ring (bicyclic) bond motifs is 2. The smallest absolute Gasteiger partial charge is 0.410 e. The summed E-state index contributed by atoms with van der Waals surface area (Å²) in [4.78, 5) is 105. The van der Waals surface area contributed by atoms with Gasteiger partial charge in [0.2, 0.25) is 0 Å². The normalized spacial score (nSPS) is 35.3. The van der Waals surface area contributed by atoms with Crippen LogP contribution in [0, 0.1) is 29.6 Å². The van der Waals surface area contributed by atoms with Crippen molar-refractivity contribution in [1.82, 2.24) is 60.2 Å². The molecule has 36 heteroatoms. The predicted molar refractivity (Wildman–Crippen MR) is 481 cm³/mol. The second-order valence-corrected chi connectivity index (χ2v) is 37.9. The number of anilines is 2. The standard InChI is InChI=1S/C50H72FN7O11.C44H71N7O10/c1-11-39-50(7)41(58(47(63)69-50)23-16-15-22-57-28-37(54-55-57)34-20-17-21-35(52)24-34)32(4)53-27-30(2)26-48(5,64-10)43(31(3)42(60)49(6,51)46(62)67-39)68-45-40(59)38(56(8)9)25-36(66-45)29-65-44(61)33-18-13-12-14-19-33;1-12-32-36(53)34(49(9)10)37(54)41(58-32)60-39-26(4)35(52)27(5)40(55)59-33(13-2)44(8)38(28(6)46-23-25(3)22-43(39,7)57-11)51(42(56)61-44)20-15-14-19-50-24-31(47-48-50)29-17-16-18-30(45)21-29/h12-14,17-21,24,28,30-32,36,38-41,43,45,53,59H,11,15-16,22-23,25-27,29,52H2,1-10H3;16-18,21,24-28,32-34,36-39,41,46,53-54H,12-15,19-20,22-23,45H2,1-11H3/t30-,31-,32-,36+,38+,39-,40-,41-,43+,45?,48-,49+,50-;25-,26-,27-,28-,32-,33-,34+,36-,37-,38-,39+,41?,43-,44-/m11/s1. The van der Waals surface area contributed by atoms with Crippen LogP contribution in [-0.2, 0) is 84.4 Å². The van der Waals surface area contributed by atoms with Crippen LogP contribution >= 0.6 is 0 Å². The second kappa shape index (κ2) is 44.4. The highest BCUT2D eigenvalue weighted by Crippen LogP contribution is 2.45. The second-order valence-electron chi connectivity index (χ2n) is 37.9. The fraction of sp³-hybridized carbons (Fsp3) is 0.691. The van der Waals surface area contributed by atoms with Gasteiger partial charge in [0, 0.05) is 92.9 Å². The Balaban J connectivity index is 0.000000272. The number of carbonyl (C=O) groups excluding carboxylic acids is 7. The Hall–Kier alpha value is -8.76. The van der Waals surface area contributed by atoms with Gasteiger partial charge in [0.25, 0.3) is 5.67 Å². The Bertz CT molecular complexity index is 4590. The molecule has 3 aromatic carbocycles. The highest BCUT2D eigenvalue weighted by molar-refractivity contribution is 6.08. The zero-order valence-corrected chi connectivity index (χ0v) is 79.6. The fourth-order valence-electron chi connectivity index (χ4n) is 20.1. The summed E-state index contributed by atoms with van der Waals surface area (Å²) in [5, 5.41) is 58.8. The van der Waals surface area contributed by atoms with Gasteiger partial charge < -0.3 is 99.3 Å². The lowest BCUT2D eigenvalue weighted by Gasteiger charge is -2.48. The molecule has 2 aromatic heterocycles. The zero-order valence-electron chi connectivity index (χ0n) is 79.6. The molecule has 6 aliphatic rings. The number of esters is 3. The molecule has 0 saturated carbocycles. The molecule has 2 amide bonds. The molecule has 11 rings (SSSR count). The van der Waals surface area contributed by atoms with Crippen molar-refractivity contribution in [3.8, 4) is 22.5 Å². The van der Waals surface area contributed by atoms with Crippen molar-refractivity contribution in [3.63, 3.8) is 0 Å². The molecule has 0 aliphatic carbocycles. The lowest BCUT2D eigenvalue weighted by Crippen LogP contribution is -2.64. The van der Waals surface area contributed by atoms with Gasteiger partial charge in [-0.3, -0.25) is 33.5 Å². The number of hydrogen-bond acceptors (Lipinski definition) is 31. The van der Waals surface area contributed by atoms with Gasteiger partial charge in [0.05, 0.1) is 77.8 Å². The average Bonchev–Trinajstić information content (AvgIpc) is 1.63. The molecule has 130 heavy (non-hydrogen) atoms. The molecule has 27 atom stereocenters. The van der Waals surface area contributed by atoms with E-state index >= 15 is 4.39 Å². The van der Waals surface area contributed by atoms with Crippen molar-refractivity contribution in [1.29, 1.82) is 0 Å². The third kappa shape index (κ3) is 23.5. The maximum atomic E-state index is 17.2. The van der Waals surface area contributed by atoms with Crippen molar-refractivity contribution in [2.24, 2.45) is 29.6 Å². The van der Waals surface area contributed by atoms with E-state index in [0.717, 1.165) is 23.7 Å². The number of methoxy groups -OCH3 is 2. The predicted octanol–water partition coefficient (Wildman–Crippen LogP) is 8.86. The molecule has 722 valence electrons. The molecule has 35 nitrogen and oxygen atoms in total. The Kier molecular flexibility index (Phi) is 35.3. The molecular formula is C94H143FN14O21. The third-order valence-corrected chi connectivity index (χ3v) is 27.3. The molecule has 2 unspecified atom stereocenters. The van der Waals surface area contributed by atoms with E-state index in [1.807, 2.05) is 103 Å². The number of rotatable bonds is 26. The van der Waals surface area contributed by atoms with Crippen LogP contribution in [-0.4, -0.2) is 314 Å². The zero-order chi connectivity index (χ0) is 95.4. The number of ether oxygens (including phenoxy) is 11. The first-order valence-electron chi connectivity index (χ1n) is 45.9. The number of aryl methyl sites for hydroxylation is 2. The quantitative estimate of drug-likeness (QED) is 0.00893. The Labute approximate surface area is 763 Å². The molecular weight excluding hydrogens is 1680 g/mol. The summed E-state index contributed by atoms with van der Waals surface area (Å²) in [6, 6.07) is 20.1. The summed E-state index contributed by atoms with van der Waals surface area (Å²) in [5.74, 6) is -8.12. The number of halogens is 1. The van der Waals surface area contributed by atoms with Crippen LogP contribution in [0.2, 0.25) is 0 Å². The Morgan fingerprint density at radius 1 is 0.592 bits per heavy atom. The number of ketones is 2. The summed E-state index contributed by atoms with van der Waals surface area (Å²) in [6.45, 7) is 28.6. The van der Waals surface area contributed by atoms with Gasteiger partial charge >= 0.3 is 30.1 Å². The molecule has 9 N–H and O–H groups in total. The van der Waals surface area contributed by atoms with Crippen LogP contribution in [0.1, 0.15) is 178 Å². The van der Waals surface area contributed by atoms with Gasteiger partial charge in [0.1, 0.15) is 48.3 Å². The van der Waals surface area contributed by atoms with E-state index in [1.165, 1.54) is 21.0 Å². The maximum Gasteiger partial charge on any atom is 0.410 e. The number of alkyl halides is 1. The average molecular weight is 1820 g/mol. The molecule has 0 bridgehead atoms. The van der Waals surface area contributed by atoms with E-state index in [4.69, 9.17) is 63.6 Å². The van der Waals surface area contributed by atoms with E-state index in [-0.39, 0.29) is 43.7 Å². The van der Waals surface area contributed by atoms with Gasteiger partial charge in [-0.05, 0) is 209 Å². The molecule has 8 heterocycles. The number of nitrogens with two attached hydrogens (primary N) is 2. The third-order valence-electron chi connectivity index (χ3n) is 27.3. The number of hydrogen-bond donors (Lipinski definition) is 7. The lowest BCUT2D eigenvalue weighted by atomic mass is 9.78.